The normalized spacial score (nSPS) is 15.9. The van der Waals surface area contributed by atoms with Gasteiger partial charge in [0.1, 0.15) is 11.7 Å². The van der Waals surface area contributed by atoms with E-state index in [0.717, 1.165) is 11.1 Å². The van der Waals surface area contributed by atoms with E-state index in [1.165, 1.54) is 0 Å². The summed E-state index contributed by atoms with van der Waals surface area (Å²) in [5.41, 5.74) is 1.75. The van der Waals surface area contributed by atoms with Gasteiger partial charge in [0.25, 0.3) is 0 Å². The number of aromatic nitrogens is 3. The molecule has 124 valence electrons. The highest BCUT2D eigenvalue weighted by Crippen LogP contribution is 2.31. The van der Waals surface area contributed by atoms with Crippen molar-refractivity contribution in [2.45, 2.75) is 6.04 Å². The summed E-state index contributed by atoms with van der Waals surface area (Å²) in [7, 11) is 0. The monoisotopic (exact) mass is 352 g/mol. The third-order valence-electron chi connectivity index (χ3n) is 3.92. The maximum atomic E-state index is 11.5. The zero-order valence-corrected chi connectivity index (χ0v) is 13.7. The van der Waals surface area contributed by atoms with Crippen molar-refractivity contribution < 1.29 is 9.90 Å². The summed E-state index contributed by atoms with van der Waals surface area (Å²) >= 11 is 6.09. The van der Waals surface area contributed by atoms with Crippen LogP contribution in [-0.2, 0) is 4.79 Å². The molecule has 0 saturated heterocycles. The standard InChI is InChI=1S/C18H13ClN4O2/c19-13-8-4-7-12(9-13)15-10-14(17(24)25)20-18-21-16(22-23(15)18)11-5-2-1-3-6-11/h1-10,15H,(H,24,25)(H,20,21,22)/t15-/m0/s1. The zero-order chi connectivity index (χ0) is 17.4. The molecule has 1 aliphatic heterocycles. The van der Waals surface area contributed by atoms with E-state index < -0.39 is 12.0 Å². The summed E-state index contributed by atoms with van der Waals surface area (Å²) in [6.45, 7) is 0. The summed E-state index contributed by atoms with van der Waals surface area (Å²) in [5.74, 6) is -0.151. The molecule has 25 heavy (non-hydrogen) atoms. The second-order valence-electron chi connectivity index (χ2n) is 5.58. The Kier molecular flexibility index (Phi) is 3.74. The largest absolute Gasteiger partial charge is 0.477 e. The second kappa shape index (κ2) is 6.07. The highest BCUT2D eigenvalue weighted by molar-refractivity contribution is 6.30. The number of hydrogen-bond donors (Lipinski definition) is 2. The van der Waals surface area contributed by atoms with Crippen LogP contribution in [0.2, 0.25) is 5.02 Å². The quantitative estimate of drug-likeness (QED) is 0.753. The number of nitrogens with one attached hydrogen (secondary N) is 1. The van der Waals surface area contributed by atoms with Gasteiger partial charge in [0.2, 0.25) is 5.95 Å². The number of carboxylic acid groups (broad SMARTS) is 1. The first-order chi connectivity index (χ1) is 12.1. The Hall–Kier alpha value is -3.12. The van der Waals surface area contributed by atoms with Gasteiger partial charge in [-0.3, -0.25) is 0 Å². The number of fused-ring (bicyclic) bond motifs is 1. The summed E-state index contributed by atoms with van der Waals surface area (Å²) in [6.07, 6.45) is 1.60. The molecule has 6 nitrogen and oxygen atoms in total. The zero-order valence-electron chi connectivity index (χ0n) is 12.9. The third-order valence-corrected chi connectivity index (χ3v) is 4.15. The van der Waals surface area contributed by atoms with Gasteiger partial charge in [-0.25, -0.2) is 9.48 Å². The Bertz CT molecular complexity index is 982. The van der Waals surface area contributed by atoms with Gasteiger partial charge >= 0.3 is 5.97 Å². The van der Waals surface area contributed by atoms with E-state index in [9.17, 15) is 9.90 Å². The Morgan fingerprint density at radius 1 is 1.16 bits per heavy atom. The van der Waals surface area contributed by atoms with Crippen LogP contribution in [0.1, 0.15) is 11.6 Å². The van der Waals surface area contributed by atoms with E-state index in [1.807, 2.05) is 42.5 Å². The minimum atomic E-state index is -1.05. The molecule has 0 bridgehead atoms. The number of aliphatic carboxylic acids is 1. The predicted octanol–water partition coefficient (Wildman–Crippen LogP) is 3.58. The fourth-order valence-corrected chi connectivity index (χ4v) is 2.95. The van der Waals surface area contributed by atoms with Crippen molar-refractivity contribution in [3.05, 3.63) is 77.0 Å². The molecule has 1 aromatic heterocycles. The molecule has 0 saturated carbocycles. The summed E-state index contributed by atoms with van der Waals surface area (Å²) < 4.78 is 1.67. The molecule has 2 aromatic carbocycles. The van der Waals surface area contributed by atoms with E-state index in [-0.39, 0.29) is 5.70 Å². The molecule has 2 heterocycles. The summed E-state index contributed by atoms with van der Waals surface area (Å²) in [6, 6.07) is 16.4. The van der Waals surface area contributed by atoms with Gasteiger partial charge in [0.05, 0.1) is 0 Å². The SMILES string of the molecule is O=C(O)C1=C[C@@H](c2cccc(Cl)c2)n2nc(-c3ccccc3)nc2N1. The van der Waals surface area contributed by atoms with E-state index in [2.05, 4.69) is 15.4 Å². The number of hydrogen-bond acceptors (Lipinski definition) is 4. The van der Waals surface area contributed by atoms with Crippen LogP contribution in [0, 0.1) is 0 Å². The molecule has 0 radical (unpaired) electrons. The third kappa shape index (κ3) is 2.88. The average Bonchev–Trinajstić information content (AvgIpc) is 3.05. The van der Waals surface area contributed by atoms with E-state index in [1.54, 1.807) is 22.9 Å². The van der Waals surface area contributed by atoms with Crippen molar-refractivity contribution in [3.63, 3.8) is 0 Å². The molecule has 0 aliphatic carbocycles. The van der Waals surface area contributed by atoms with E-state index in [4.69, 9.17) is 11.6 Å². The van der Waals surface area contributed by atoms with Gasteiger partial charge in [-0.1, -0.05) is 54.1 Å². The number of benzene rings is 2. The molecule has 1 atom stereocenters. The van der Waals surface area contributed by atoms with Gasteiger partial charge in [-0.15, -0.1) is 5.10 Å². The van der Waals surface area contributed by atoms with Crippen LogP contribution in [0.15, 0.2) is 66.4 Å². The average molecular weight is 353 g/mol. The van der Waals surface area contributed by atoms with Gasteiger partial charge in [-0.2, -0.15) is 4.98 Å². The molecule has 0 fully saturated rings. The van der Waals surface area contributed by atoms with Gasteiger partial charge in [0.15, 0.2) is 5.82 Å². The Balaban J connectivity index is 1.84. The molecule has 0 spiro atoms. The van der Waals surface area contributed by atoms with Crippen molar-refractivity contribution in [1.82, 2.24) is 14.8 Å². The van der Waals surface area contributed by atoms with Crippen LogP contribution in [-0.4, -0.2) is 25.8 Å². The molecule has 0 unspecified atom stereocenters. The fraction of sp³-hybridized carbons (Fsp3) is 0.0556. The topological polar surface area (TPSA) is 80.0 Å². The van der Waals surface area contributed by atoms with Crippen LogP contribution in [0.3, 0.4) is 0 Å². The second-order valence-corrected chi connectivity index (χ2v) is 6.02. The number of halogens is 1. The van der Waals surface area contributed by atoms with Crippen molar-refractivity contribution >= 4 is 23.5 Å². The number of carboxylic acids is 1. The molecule has 4 rings (SSSR count). The molecule has 7 heteroatoms. The molecule has 0 amide bonds. The number of allylic oxidation sites excluding steroid dienone is 1. The van der Waals surface area contributed by atoms with Crippen molar-refractivity contribution in [2.75, 3.05) is 5.32 Å². The smallest absolute Gasteiger partial charge is 0.352 e. The Morgan fingerprint density at radius 3 is 2.68 bits per heavy atom. The lowest BCUT2D eigenvalue weighted by molar-refractivity contribution is -0.132. The first-order valence-electron chi connectivity index (χ1n) is 7.61. The fourth-order valence-electron chi connectivity index (χ4n) is 2.76. The highest BCUT2D eigenvalue weighted by Gasteiger charge is 2.27. The van der Waals surface area contributed by atoms with Crippen LogP contribution in [0.4, 0.5) is 5.95 Å². The minimum Gasteiger partial charge on any atom is -0.477 e. The van der Waals surface area contributed by atoms with Crippen LogP contribution < -0.4 is 5.32 Å². The molecule has 3 aromatic rings. The van der Waals surface area contributed by atoms with Crippen LogP contribution in [0.5, 0.6) is 0 Å². The predicted molar refractivity (Wildman–Crippen MR) is 94.4 cm³/mol. The number of rotatable bonds is 3. The minimum absolute atomic E-state index is 0.0597. The molecule has 2 N–H and O–H groups in total. The van der Waals surface area contributed by atoms with Gasteiger partial charge in [0, 0.05) is 10.6 Å². The maximum Gasteiger partial charge on any atom is 0.352 e. The lowest BCUT2D eigenvalue weighted by Gasteiger charge is -2.22. The first kappa shape index (κ1) is 15.4. The lowest BCUT2D eigenvalue weighted by atomic mass is 10.0. The number of nitrogens with zero attached hydrogens (tertiary/aromatic N) is 3. The highest BCUT2D eigenvalue weighted by atomic mass is 35.5. The Labute approximate surface area is 148 Å². The van der Waals surface area contributed by atoms with Crippen LogP contribution >= 0.6 is 11.6 Å². The van der Waals surface area contributed by atoms with Crippen molar-refractivity contribution in [3.8, 4) is 11.4 Å². The lowest BCUT2D eigenvalue weighted by Crippen LogP contribution is -2.24. The summed E-state index contributed by atoms with van der Waals surface area (Å²) in [4.78, 5) is 15.9. The van der Waals surface area contributed by atoms with Crippen molar-refractivity contribution in [2.24, 2.45) is 0 Å². The molecular formula is C18H13ClN4O2. The summed E-state index contributed by atoms with van der Waals surface area (Å²) in [5, 5.41) is 17.4. The van der Waals surface area contributed by atoms with Crippen molar-refractivity contribution in [1.29, 1.82) is 0 Å². The van der Waals surface area contributed by atoms with Gasteiger partial charge < -0.3 is 10.4 Å². The molecular weight excluding hydrogens is 340 g/mol. The van der Waals surface area contributed by atoms with E-state index in [0.29, 0.717) is 16.8 Å². The number of carbonyl (C=O) groups is 1. The van der Waals surface area contributed by atoms with Gasteiger partial charge in [-0.05, 0) is 23.8 Å². The first-order valence-corrected chi connectivity index (χ1v) is 7.99. The Morgan fingerprint density at radius 2 is 1.96 bits per heavy atom. The molecule has 1 aliphatic rings. The van der Waals surface area contributed by atoms with Crippen LogP contribution in [0.25, 0.3) is 11.4 Å². The number of anilines is 1. The van der Waals surface area contributed by atoms with E-state index >= 15 is 0 Å². The maximum absolute atomic E-state index is 11.5.